The average molecular weight is 796 g/mol. The van der Waals surface area contributed by atoms with Gasteiger partial charge in [0.1, 0.15) is 35.0 Å². The number of piperazine rings is 1. The summed E-state index contributed by atoms with van der Waals surface area (Å²) in [6, 6.07) is 22.1. The number of nitrogens with zero attached hydrogens (tertiary/aromatic N) is 10. The van der Waals surface area contributed by atoms with Gasteiger partial charge in [0.25, 0.3) is 5.56 Å². The lowest BCUT2D eigenvalue weighted by Crippen LogP contribution is -2.51. The van der Waals surface area contributed by atoms with Crippen molar-refractivity contribution in [1.29, 1.82) is 0 Å². The number of hydrogen-bond donors (Lipinski definition) is 1. The molecule has 2 amide bonds. The first kappa shape index (κ1) is 37.1. The molecule has 6 aromatic rings. The zero-order valence-electron chi connectivity index (χ0n) is 33.0. The quantitative estimate of drug-likeness (QED) is 0.200. The van der Waals surface area contributed by atoms with Gasteiger partial charge in [-0.15, -0.1) is 5.10 Å². The first-order valence-electron chi connectivity index (χ1n) is 20.7. The molecule has 4 fully saturated rings. The molecule has 0 radical (unpaired) electrons. The highest BCUT2D eigenvalue weighted by Gasteiger charge is 2.34. The molecule has 302 valence electrons. The zero-order chi connectivity index (χ0) is 40.2. The summed E-state index contributed by atoms with van der Waals surface area (Å²) in [5.74, 6) is 1.76. The molecule has 4 aromatic heterocycles. The number of hydrogen-bond acceptors (Lipinski definition) is 11. The van der Waals surface area contributed by atoms with Crippen LogP contribution in [0.4, 0.5) is 21.7 Å². The van der Waals surface area contributed by atoms with Gasteiger partial charge in [0, 0.05) is 52.2 Å². The van der Waals surface area contributed by atoms with Crippen molar-refractivity contribution < 1.29 is 14.0 Å². The van der Waals surface area contributed by atoms with Gasteiger partial charge < -0.3 is 14.7 Å². The number of imide groups is 1. The highest BCUT2D eigenvalue weighted by molar-refractivity contribution is 6.00. The molecule has 0 bridgehead atoms. The van der Waals surface area contributed by atoms with Crippen LogP contribution >= 0.6 is 0 Å². The maximum atomic E-state index is 14.1. The van der Waals surface area contributed by atoms with Crippen molar-refractivity contribution in [2.45, 2.75) is 51.1 Å². The standard InChI is InChI=1S/C44H46FN11O3/c1-28-47-33-9-3-10-35(42(33)44(59)55(28)36-13-16-41(57)49-43(36)58)53-26-29(27-53)17-19-51-20-22-52(23-21-51)39-12-4-8-32(48-39)37-25-46-38-14-15-40(50-56(37)38)54-18-5-11-34(54)30-6-2-7-31(45)24-30/h2-4,6-10,12,14-15,24-25,29,34,36H,5,11,13,16-23,26-27H2,1H3,(H,49,57,58)/t34-,36?/m1/s1. The van der Waals surface area contributed by atoms with Gasteiger partial charge in [-0.3, -0.25) is 29.2 Å². The third kappa shape index (κ3) is 6.96. The number of anilines is 3. The van der Waals surface area contributed by atoms with E-state index in [9.17, 15) is 18.8 Å². The van der Waals surface area contributed by atoms with E-state index in [1.165, 1.54) is 10.6 Å². The molecular formula is C44H46FN11O3. The SMILES string of the molecule is Cc1nc2cccc(N3CC(CCN4CCN(c5cccc(-c6cnc7ccc(N8CCC[C@@H]8c8cccc(F)c8)nn67)n5)CC4)C3)c2c(=O)n1C1CCC(=O)NC1=O. The van der Waals surface area contributed by atoms with Crippen molar-refractivity contribution in [2.75, 3.05) is 67.1 Å². The normalized spacial score (nSPS) is 20.5. The Morgan fingerprint density at radius 1 is 0.831 bits per heavy atom. The van der Waals surface area contributed by atoms with Crippen molar-refractivity contribution in [3.63, 3.8) is 0 Å². The number of fused-ring (bicyclic) bond motifs is 2. The minimum Gasteiger partial charge on any atom is -0.370 e. The number of halogens is 1. The summed E-state index contributed by atoms with van der Waals surface area (Å²) in [6.45, 7) is 8.94. The lowest BCUT2D eigenvalue weighted by Gasteiger charge is -2.43. The minimum atomic E-state index is -0.748. The topological polar surface area (TPSA) is 137 Å². The molecule has 15 heteroatoms. The number of amides is 2. The number of piperidine rings is 1. The summed E-state index contributed by atoms with van der Waals surface area (Å²) >= 11 is 0. The number of nitrogens with one attached hydrogen (secondary N) is 1. The molecule has 4 aliphatic rings. The predicted octanol–water partition coefficient (Wildman–Crippen LogP) is 4.92. The molecule has 0 saturated carbocycles. The van der Waals surface area contributed by atoms with Crippen LogP contribution in [0.2, 0.25) is 0 Å². The number of benzene rings is 2. The first-order chi connectivity index (χ1) is 28.8. The average Bonchev–Trinajstić information content (AvgIpc) is 3.89. The van der Waals surface area contributed by atoms with Gasteiger partial charge in [-0.25, -0.2) is 23.9 Å². The minimum absolute atomic E-state index is 0.0691. The van der Waals surface area contributed by atoms with Gasteiger partial charge in [0.15, 0.2) is 5.65 Å². The Kier molecular flexibility index (Phi) is 9.54. The number of carbonyl (C=O) groups excluding carboxylic acids is 2. The van der Waals surface area contributed by atoms with Gasteiger partial charge in [-0.1, -0.05) is 24.3 Å². The molecule has 59 heavy (non-hydrogen) atoms. The van der Waals surface area contributed by atoms with Crippen molar-refractivity contribution in [2.24, 2.45) is 5.92 Å². The number of rotatable bonds is 9. The van der Waals surface area contributed by atoms with E-state index in [4.69, 9.17) is 15.1 Å². The molecule has 14 nitrogen and oxygen atoms in total. The van der Waals surface area contributed by atoms with Crippen molar-refractivity contribution in [3.8, 4) is 11.4 Å². The Bertz CT molecular complexity index is 2650. The van der Waals surface area contributed by atoms with E-state index in [1.54, 1.807) is 19.1 Å². The van der Waals surface area contributed by atoms with E-state index in [0.29, 0.717) is 22.6 Å². The van der Waals surface area contributed by atoms with Crippen LogP contribution in [0.25, 0.3) is 27.9 Å². The van der Waals surface area contributed by atoms with Crippen molar-refractivity contribution in [1.82, 2.24) is 39.3 Å². The van der Waals surface area contributed by atoms with Crippen LogP contribution in [0.5, 0.6) is 0 Å². The van der Waals surface area contributed by atoms with E-state index in [0.717, 1.165) is 112 Å². The van der Waals surface area contributed by atoms with Gasteiger partial charge in [0.2, 0.25) is 11.8 Å². The second kappa shape index (κ2) is 15.2. The Morgan fingerprint density at radius 2 is 1.66 bits per heavy atom. The fourth-order valence-corrected chi connectivity index (χ4v) is 9.44. The molecule has 4 saturated heterocycles. The van der Waals surface area contributed by atoms with Crippen LogP contribution in [0, 0.1) is 18.7 Å². The van der Waals surface area contributed by atoms with Gasteiger partial charge in [-0.05, 0) is 99.2 Å². The Labute approximate surface area is 340 Å². The molecule has 2 atom stereocenters. The van der Waals surface area contributed by atoms with Crippen LogP contribution in [-0.2, 0) is 9.59 Å². The molecule has 8 heterocycles. The third-order valence-corrected chi connectivity index (χ3v) is 12.6. The molecule has 1 N–H and O–H groups in total. The first-order valence-corrected chi connectivity index (χ1v) is 20.7. The lowest BCUT2D eigenvalue weighted by atomic mass is 9.94. The van der Waals surface area contributed by atoms with E-state index < -0.39 is 11.9 Å². The summed E-state index contributed by atoms with van der Waals surface area (Å²) in [6.07, 6.45) is 5.34. The molecule has 4 aliphatic heterocycles. The number of carbonyl (C=O) groups is 2. The Hall–Kier alpha value is -6.22. The predicted molar refractivity (Wildman–Crippen MR) is 223 cm³/mol. The van der Waals surface area contributed by atoms with Crippen molar-refractivity contribution >= 4 is 45.7 Å². The van der Waals surface area contributed by atoms with Gasteiger partial charge in [0.05, 0.1) is 34.5 Å². The second-order valence-electron chi connectivity index (χ2n) is 16.3. The lowest BCUT2D eigenvalue weighted by molar-refractivity contribution is -0.135. The fraction of sp³-hybridized carbons (Fsp3) is 0.386. The largest absolute Gasteiger partial charge is 0.370 e. The smallest absolute Gasteiger partial charge is 0.264 e. The second-order valence-corrected chi connectivity index (χ2v) is 16.3. The maximum Gasteiger partial charge on any atom is 0.264 e. The molecule has 0 spiro atoms. The molecule has 10 rings (SSSR count). The van der Waals surface area contributed by atoms with E-state index in [1.807, 2.05) is 59.2 Å². The zero-order valence-corrected chi connectivity index (χ0v) is 33.0. The van der Waals surface area contributed by atoms with Crippen LogP contribution in [0.15, 0.2) is 83.8 Å². The number of imidazole rings is 1. The van der Waals surface area contributed by atoms with Crippen LogP contribution in [0.3, 0.4) is 0 Å². The summed E-state index contributed by atoms with van der Waals surface area (Å²) in [5.41, 5.74) is 4.58. The number of pyridine rings is 1. The molecule has 2 aromatic carbocycles. The fourth-order valence-electron chi connectivity index (χ4n) is 9.44. The van der Waals surface area contributed by atoms with E-state index >= 15 is 0 Å². The maximum absolute atomic E-state index is 14.1. The van der Waals surface area contributed by atoms with E-state index in [-0.39, 0.29) is 36.2 Å². The summed E-state index contributed by atoms with van der Waals surface area (Å²) in [5, 5.41) is 7.94. The number of aryl methyl sites for hydroxylation is 1. The highest BCUT2D eigenvalue weighted by atomic mass is 19.1. The molecular weight excluding hydrogens is 750 g/mol. The number of aromatic nitrogens is 6. The molecule has 1 unspecified atom stereocenters. The highest BCUT2D eigenvalue weighted by Crippen LogP contribution is 2.36. The van der Waals surface area contributed by atoms with Gasteiger partial charge in [-0.2, -0.15) is 0 Å². The molecule has 0 aliphatic carbocycles. The van der Waals surface area contributed by atoms with E-state index in [2.05, 4.69) is 36.0 Å². The van der Waals surface area contributed by atoms with Crippen LogP contribution in [0.1, 0.15) is 55.6 Å². The summed E-state index contributed by atoms with van der Waals surface area (Å²) in [7, 11) is 0. The summed E-state index contributed by atoms with van der Waals surface area (Å²) in [4.78, 5) is 62.2. The van der Waals surface area contributed by atoms with Crippen LogP contribution in [-0.4, -0.2) is 98.2 Å². The monoisotopic (exact) mass is 795 g/mol. The summed E-state index contributed by atoms with van der Waals surface area (Å²) < 4.78 is 17.5. The van der Waals surface area contributed by atoms with Gasteiger partial charge >= 0.3 is 0 Å². The Morgan fingerprint density at radius 3 is 2.49 bits per heavy atom. The Balaban J connectivity index is 0.764. The van der Waals surface area contributed by atoms with Crippen molar-refractivity contribution in [3.05, 3.63) is 107 Å². The third-order valence-electron chi connectivity index (χ3n) is 12.6. The van der Waals surface area contributed by atoms with Crippen LogP contribution < -0.4 is 25.6 Å².